The number of aromatic nitrogens is 2. The van der Waals surface area contributed by atoms with Gasteiger partial charge in [0.1, 0.15) is 22.7 Å². The van der Waals surface area contributed by atoms with Crippen molar-refractivity contribution >= 4 is 33.1 Å². The van der Waals surface area contributed by atoms with Crippen LogP contribution in [0.3, 0.4) is 0 Å². The van der Waals surface area contributed by atoms with E-state index in [-0.39, 0.29) is 0 Å². The summed E-state index contributed by atoms with van der Waals surface area (Å²) in [7, 11) is 0. The van der Waals surface area contributed by atoms with E-state index < -0.39 is 0 Å². The fourth-order valence-electron chi connectivity index (χ4n) is 3.03. The van der Waals surface area contributed by atoms with Crippen molar-refractivity contribution in [3.8, 4) is 16.9 Å². The number of aryl methyl sites for hydroxylation is 1. The fourth-order valence-corrected chi connectivity index (χ4v) is 4.04. The number of ether oxygens (including phenoxy) is 1. The van der Waals surface area contributed by atoms with E-state index in [2.05, 4.69) is 34.3 Å². The standard InChI is InChI=1S/C21H19N3OS/c1-3-25-17-11-9-15(10-12-17)18-14(2)26-21-19(18)20(22-13-23-21)24-16-7-5-4-6-8-16/h4-13H,3H2,1-2H3,(H,22,23,24). The Morgan fingerprint density at radius 1 is 1.00 bits per heavy atom. The van der Waals surface area contributed by atoms with Gasteiger partial charge in [-0.15, -0.1) is 11.3 Å². The summed E-state index contributed by atoms with van der Waals surface area (Å²) in [4.78, 5) is 11.2. The van der Waals surface area contributed by atoms with Crippen molar-refractivity contribution in [2.24, 2.45) is 0 Å². The maximum atomic E-state index is 5.56. The topological polar surface area (TPSA) is 47.0 Å². The molecule has 4 nitrogen and oxygen atoms in total. The van der Waals surface area contributed by atoms with Crippen LogP contribution in [0.15, 0.2) is 60.9 Å². The maximum absolute atomic E-state index is 5.56. The first-order chi connectivity index (χ1) is 12.8. The number of fused-ring (bicyclic) bond motifs is 1. The van der Waals surface area contributed by atoms with Crippen LogP contribution < -0.4 is 10.1 Å². The second kappa shape index (κ2) is 7.14. The van der Waals surface area contributed by atoms with Gasteiger partial charge in [-0.25, -0.2) is 9.97 Å². The van der Waals surface area contributed by atoms with Gasteiger partial charge in [-0.3, -0.25) is 0 Å². The van der Waals surface area contributed by atoms with E-state index in [1.165, 1.54) is 10.4 Å². The van der Waals surface area contributed by atoms with E-state index in [4.69, 9.17) is 4.74 Å². The third-order valence-electron chi connectivity index (χ3n) is 4.15. The summed E-state index contributed by atoms with van der Waals surface area (Å²) in [5.41, 5.74) is 3.32. The van der Waals surface area contributed by atoms with E-state index in [9.17, 15) is 0 Å². The van der Waals surface area contributed by atoms with Gasteiger partial charge >= 0.3 is 0 Å². The van der Waals surface area contributed by atoms with E-state index in [1.807, 2.05) is 49.4 Å². The molecule has 2 aromatic carbocycles. The van der Waals surface area contributed by atoms with Crippen LogP contribution in [0, 0.1) is 6.92 Å². The van der Waals surface area contributed by atoms with Crippen molar-refractivity contribution in [1.29, 1.82) is 0 Å². The van der Waals surface area contributed by atoms with Crippen LogP contribution in [0.4, 0.5) is 11.5 Å². The minimum atomic E-state index is 0.665. The van der Waals surface area contributed by atoms with Gasteiger partial charge < -0.3 is 10.1 Å². The molecule has 4 rings (SSSR count). The van der Waals surface area contributed by atoms with Crippen molar-refractivity contribution in [3.63, 3.8) is 0 Å². The lowest BCUT2D eigenvalue weighted by atomic mass is 10.0. The molecule has 4 aromatic rings. The third kappa shape index (κ3) is 3.13. The van der Waals surface area contributed by atoms with Gasteiger partial charge in [0.05, 0.1) is 12.0 Å². The monoisotopic (exact) mass is 361 g/mol. The molecule has 0 spiro atoms. The first-order valence-corrected chi connectivity index (χ1v) is 9.37. The van der Waals surface area contributed by atoms with Crippen LogP contribution in [-0.2, 0) is 0 Å². The molecular weight excluding hydrogens is 342 g/mol. The minimum Gasteiger partial charge on any atom is -0.494 e. The molecule has 0 aliphatic heterocycles. The number of nitrogens with one attached hydrogen (secondary N) is 1. The quantitative estimate of drug-likeness (QED) is 0.487. The summed E-state index contributed by atoms with van der Waals surface area (Å²) >= 11 is 1.69. The van der Waals surface area contributed by atoms with Gasteiger partial charge in [0, 0.05) is 16.1 Å². The van der Waals surface area contributed by atoms with E-state index in [0.29, 0.717) is 6.61 Å². The molecule has 0 amide bonds. The summed E-state index contributed by atoms with van der Waals surface area (Å²) in [5, 5.41) is 4.49. The zero-order valence-electron chi connectivity index (χ0n) is 14.7. The van der Waals surface area contributed by atoms with Gasteiger partial charge in [0.2, 0.25) is 0 Å². The Morgan fingerprint density at radius 3 is 2.50 bits per heavy atom. The molecule has 0 aliphatic rings. The molecular formula is C21H19N3OS. The summed E-state index contributed by atoms with van der Waals surface area (Å²) in [6.45, 7) is 4.78. The van der Waals surface area contributed by atoms with Gasteiger partial charge in [-0.2, -0.15) is 0 Å². The lowest BCUT2D eigenvalue weighted by molar-refractivity contribution is 0.340. The number of para-hydroxylation sites is 1. The molecule has 1 N–H and O–H groups in total. The van der Waals surface area contributed by atoms with E-state index in [0.717, 1.165) is 33.0 Å². The molecule has 0 atom stereocenters. The van der Waals surface area contributed by atoms with E-state index in [1.54, 1.807) is 17.7 Å². The number of hydrogen-bond donors (Lipinski definition) is 1. The SMILES string of the molecule is CCOc1ccc(-c2c(C)sc3ncnc(Nc4ccccc4)c23)cc1. The lowest BCUT2D eigenvalue weighted by Gasteiger charge is -2.09. The Morgan fingerprint density at radius 2 is 1.77 bits per heavy atom. The Labute approximate surface area is 156 Å². The number of thiophene rings is 1. The van der Waals surface area contributed by atoms with Crippen LogP contribution in [-0.4, -0.2) is 16.6 Å². The highest BCUT2D eigenvalue weighted by Gasteiger charge is 2.17. The van der Waals surface area contributed by atoms with Crippen molar-refractivity contribution in [3.05, 3.63) is 65.8 Å². The molecule has 0 saturated carbocycles. The second-order valence-electron chi connectivity index (χ2n) is 5.88. The van der Waals surface area contributed by atoms with Crippen molar-refractivity contribution in [2.45, 2.75) is 13.8 Å². The van der Waals surface area contributed by atoms with Gasteiger partial charge in [-0.1, -0.05) is 30.3 Å². The Kier molecular flexibility index (Phi) is 4.54. The molecule has 0 saturated heterocycles. The van der Waals surface area contributed by atoms with Crippen LogP contribution >= 0.6 is 11.3 Å². The average Bonchev–Trinajstić information content (AvgIpc) is 3.00. The molecule has 0 aliphatic carbocycles. The number of nitrogens with zero attached hydrogens (tertiary/aromatic N) is 2. The summed E-state index contributed by atoms with van der Waals surface area (Å²) in [5.74, 6) is 1.71. The largest absolute Gasteiger partial charge is 0.494 e. The molecule has 26 heavy (non-hydrogen) atoms. The first kappa shape index (κ1) is 16.5. The summed E-state index contributed by atoms with van der Waals surface area (Å²) in [6.07, 6.45) is 1.62. The van der Waals surface area contributed by atoms with Crippen LogP contribution in [0.25, 0.3) is 21.3 Å². The van der Waals surface area contributed by atoms with Crippen molar-refractivity contribution in [2.75, 3.05) is 11.9 Å². The lowest BCUT2D eigenvalue weighted by Crippen LogP contribution is -1.95. The van der Waals surface area contributed by atoms with E-state index >= 15 is 0 Å². The molecule has 0 fully saturated rings. The first-order valence-electron chi connectivity index (χ1n) is 8.55. The smallest absolute Gasteiger partial charge is 0.143 e. The number of hydrogen-bond acceptors (Lipinski definition) is 5. The third-order valence-corrected chi connectivity index (χ3v) is 5.17. The average molecular weight is 361 g/mol. The molecule has 2 heterocycles. The van der Waals surface area contributed by atoms with Gasteiger partial charge in [0.15, 0.2) is 0 Å². The number of rotatable bonds is 5. The zero-order chi connectivity index (χ0) is 17.9. The van der Waals surface area contributed by atoms with Crippen molar-refractivity contribution < 1.29 is 4.74 Å². The zero-order valence-corrected chi connectivity index (χ0v) is 15.5. The van der Waals surface area contributed by atoms with Crippen LogP contribution in [0.1, 0.15) is 11.8 Å². The molecule has 130 valence electrons. The maximum Gasteiger partial charge on any atom is 0.143 e. The predicted molar refractivity (Wildman–Crippen MR) is 108 cm³/mol. The second-order valence-corrected chi connectivity index (χ2v) is 7.09. The number of anilines is 2. The van der Waals surface area contributed by atoms with Gasteiger partial charge in [0.25, 0.3) is 0 Å². The Hall–Kier alpha value is -2.92. The van der Waals surface area contributed by atoms with Crippen LogP contribution in [0.5, 0.6) is 5.75 Å². The molecule has 5 heteroatoms. The summed E-state index contributed by atoms with van der Waals surface area (Å²) < 4.78 is 5.56. The Balaban J connectivity index is 1.82. The highest BCUT2D eigenvalue weighted by atomic mass is 32.1. The molecule has 2 aromatic heterocycles. The van der Waals surface area contributed by atoms with Gasteiger partial charge in [-0.05, 0) is 43.7 Å². The highest BCUT2D eigenvalue weighted by Crippen LogP contribution is 2.41. The summed E-state index contributed by atoms with van der Waals surface area (Å²) in [6, 6.07) is 18.3. The van der Waals surface area contributed by atoms with Crippen molar-refractivity contribution in [1.82, 2.24) is 9.97 Å². The minimum absolute atomic E-state index is 0.665. The molecule has 0 bridgehead atoms. The molecule has 0 unspecified atom stereocenters. The predicted octanol–water partition coefficient (Wildman–Crippen LogP) is 5.81. The number of benzene rings is 2. The normalized spacial score (nSPS) is 10.8. The fraction of sp³-hybridized carbons (Fsp3) is 0.143. The van der Waals surface area contributed by atoms with Crippen LogP contribution in [0.2, 0.25) is 0 Å². The Bertz CT molecular complexity index is 1030. The highest BCUT2D eigenvalue weighted by molar-refractivity contribution is 7.19. The molecule has 0 radical (unpaired) electrons.